The molecule has 2 aromatic carbocycles. The lowest BCUT2D eigenvalue weighted by Crippen LogP contribution is -2.06. The van der Waals surface area contributed by atoms with Gasteiger partial charge in [0.25, 0.3) is 0 Å². The van der Waals surface area contributed by atoms with E-state index >= 15 is 0 Å². The summed E-state index contributed by atoms with van der Waals surface area (Å²) in [6.45, 7) is 0.961. The van der Waals surface area contributed by atoms with Gasteiger partial charge in [-0.15, -0.1) is 0 Å². The molecular weight excluding hydrogens is 334 g/mol. The number of aliphatic hydroxyl groups excluding tert-OH is 1. The summed E-state index contributed by atoms with van der Waals surface area (Å²) in [4.78, 5) is 9.34. The van der Waals surface area contributed by atoms with E-state index in [4.69, 9.17) is 21.7 Å². The van der Waals surface area contributed by atoms with Crippen LogP contribution in [0.1, 0.15) is 12.8 Å². The fourth-order valence-corrected chi connectivity index (χ4v) is 2.60. The van der Waals surface area contributed by atoms with Gasteiger partial charge in [0, 0.05) is 35.4 Å². The molecule has 25 heavy (non-hydrogen) atoms. The van der Waals surface area contributed by atoms with Gasteiger partial charge < -0.3 is 10.4 Å². The molecule has 0 aliphatic carbocycles. The van der Waals surface area contributed by atoms with Crippen LogP contribution in [-0.2, 0) is 0 Å². The van der Waals surface area contributed by atoms with Crippen molar-refractivity contribution in [3.05, 3.63) is 65.7 Å². The molecule has 0 aliphatic heterocycles. The Kier molecular flexibility index (Phi) is 5.99. The maximum Gasteiger partial charge on any atom is 0.162 e. The average Bonchev–Trinajstić information content (AvgIpc) is 2.66. The smallest absolute Gasteiger partial charge is 0.162 e. The summed E-state index contributed by atoms with van der Waals surface area (Å²) in [7, 11) is 0. The Morgan fingerprint density at radius 1 is 0.880 bits per heavy atom. The van der Waals surface area contributed by atoms with E-state index in [0.29, 0.717) is 10.8 Å². The Morgan fingerprint density at radius 3 is 2.36 bits per heavy atom. The highest BCUT2D eigenvalue weighted by atomic mass is 35.5. The minimum absolute atomic E-state index is 0.205. The van der Waals surface area contributed by atoms with Crippen LogP contribution >= 0.6 is 11.6 Å². The maximum atomic E-state index is 8.91. The van der Waals surface area contributed by atoms with Gasteiger partial charge in [0.15, 0.2) is 5.82 Å². The quantitative estimate of drug-likeness (QED) is 0.607. The molecule has 0 unspecified atom stereocenters. The molecule has 128 valence electrons. The third-order valence-electron chi connectivity index (χ3n) is 3.79. The van der Waals surface area contributed by atoms with Crippen molar-refractivity contribution in [2.45, 2.75) is 12.8 Å². The first-order valence-electron chi connectivity index (χ1n) is 8.31. The van der Waals surface area contributed by atoms with Crippen molar-refractivity contribution in [2.75, 3.05) is 18.5 Å². The van der Waals surface area contributed by atoms with Crippen LogP contribution in [0, 0.1) is 0 Å². The van der Waals surface area contributed by atoms with Gasteiger partial charge in [0.1, 0.15) is 5.82 Å². The Hall–Kier alpha value is -2.43. The van der Waals surface area contributed by atoms with Crippen LogP contribution in [0.4, 0.5) is 5.82 Å². The number of benzene rings is 2. The maximum absolute atomic E-state index is 8.91. The van der Waals surface area contributed by atoms with Crippen molar-refractivity contribution < 1.29 is 5.11 Å². The Bertz CT molecular complexity index is 807. The van der Waals surface area contributed by atoms with Gasteiger partial charge in [-0.25, -0.2) is 9.97 Å². The van der Waals surface area contributed by atoms with E-state index in [1.165, 1.54) is 0 Å². The monoisotopic (exact) mass is 353 g/mol. The summed E-state index contributed by atoms with van der Waals surface area (Å²) in [5, 5.41) is 12.9. The standard InChI is InChI=1S/C20H20ClN3O/c21-17-10-8-16(9-11-17)20-23-18(15-6-2-1-3-7-15)14-19(24-20)22-12-4-5-13-25/h1-3,6-11,14,25H,4-5,12-13H2,(H,22,23,24). The molecule has 1 aromatic heterocycles. The van der Waals surface area contributed by atoms with Crippen molar-refractivity contribution >= 4 is 17.4 Å². The largest absolute Gasteiger partial charge is 0.396 e. The SMILES string of the molecule is OCCCCNc1cc(-c2ccccc2)nc(-c2ccc(Cl)cc2)n1. The first-order chi connectivity index (χ1) is 12.3. The van der Waals surface area contributed by atoms with Crippen LogP contribution in [-0.4, -0.2) is 28.2 Å². The summed E-state index contributed by atoms with van der Waals surface area (Å²) in [6.07, 6.45) is 1.66. The second kappa shape index (κ2) is 8.60. The fourth-order valence-electron chi connectivity index (χ4n) is 2.48. The van der Waals surface area contributed by atoms with E-state index in [2.05, 4.69) is 10.3 Å². The highest BCUT2D eigenvalue weighted by Crippen LogP contribution is 2.25. The predicted octanol–water partition coefficient (Wildman–Crippen LogP) is 4.65. The van der Waals surface area contributed by atoms with Gasteiger partial charge in [-0.3, -0.25) is 0 Å². The molecule has 4 nitrogen and oxygen atoms in total. The van der Waals surface area contributed by atoms with Gasteiger partial charge in [0.05, 0.1) is 5.69 Å². The van der Waals surface area contributed by atoms with Crippen LogP contribution in [0.3, 0.4) is 0 Å². The zero-order valence-electron chi connectivity index (χ0n) is 13.8. The van der Waals surface area contributed by atoms with E-state index in [9.17, 15) is 0 Å². The number of hydrogen-bond donors (Lipinski definition) is 2. The van der Waals surface area contributed by atoms with Crippen molar-refractivity contribution in [1.29, 1.82) is 0 Å². The summed E-state index contributed by atoms with van der Waals surface area (Å²) < 4.78 is 0. The van der Waals surface area contributed by atoms with Gasteiger partial charge in [-0.05, 0) is 37.1 Å². The zero-order chi connectivity index (χ0) is 17.5. The molecule has 0 bridgehead atoms. The summed E-state index contributed by atoms with van der Waals surface area (Å²) in [5.74, 6) is 1.43. The Labute approximate surface area is 152 Å². The molecule has 0 aliphatic rings. The second-order valence-corrected chi connectivity index (χ2v) is 6.13. The minimum Gasteiger partial charge on any atom is -0.396 e. The molecule has 0 fully saturated rings. The van der Waals surface area contributed by atoms with E-state index in [1.807, 2.05) is 60.7 Å². The number of anilines is 1. The molecule has 0 saturated heterocycles. The zero-order valence-corrected chi connectivity index (χ0v) is 14.6. The topological polar surface area (TPSA) is 58.0 Å². The van der Waals surface area contributed by atoms with Crippen molar-refractivity contribution in [3.63, 3.8) is 0 Å². The van der Waals surface area contributed by atoms with Crippen LogP contribution < -0.4 is 5.32 Å². The lowest BCUT2D eigenvalue weighted by Gasteiger charge is -2.10. The van der Waals surface area contributed by atoms with Crippen molar-refractivity contribution in [2.24, 2.45) is 0 Å². The van der Waals surface area contributed by atoms with Crippen molar-refractivity contribution in [1.82, 2.24) is 9.97 Å². The molecule has 0 radical (unpaired) electrons. The normalized spacial score (nSPS) is 10.6. The highest BCUT2D eigenvalue weighted by Gasteiger charge is 2.08. The van der Waals surface area contributed by atoms with E-state index in [1.54, 1.807) is 0 Å². The highest BCUT2D eigenvalue weighted by molar-refractivity contribution is 6.30. The number of nitrogens with zero attached hydrogens (tertiary/aromatic N) is 2. The summed E-state index contributed by atoms with van der Waals surface area (Å²) in [5.41, 5.74) is 2.82. The number of nitrogens with one attached hydrogen (secondary N) is 1. The van der Waals surface area contributed by atoms with Crippen LogP contribution in [0.2, 0.25) is 5.02 Å². The summed E-state index contributed by atoms with van der Waals surface area (Å²) in [6, 6.07) is 19.5. The molecule has 0 spiro atoms. The summed E-state index contributed by atoms with van der Waals surface area (Å²) >= 11 is 5.98. The van der Waals surface area contributed by atoms with Gasteiger partial charge >= 0.3 is 0 Å². The van der Waals surface area contributed by atoms with Gasteiger partial charge in [-0.1, -0.05) is 41.9 Å². The van der Waals surface area contributed by atoms with E-state index in [0.717, 1.165) is 42.0 Å². The number of rotatable bonds is 7. The first-order valence-corrected chi connectivity index (χ1v) is 8.69. The van der Waals surface area contributed by atoms with Gasteiger partial charge in [-0.2, -0.15) is 0 Å². The third kappa shape index (κ3) is 4.78. The van der Waals surface area contributed by atoms with Crippen LogP contribution in [0.5, 0.6) is 0 Å². The van der Waals surface area contributed by atoms with Crippen LogP contribution in [0.25, 0.3) is 22.6 Å². The molecule has 0 atom stereocenters. The van der Waals surface area contributed by atoms with E-state index in [-0.39, 0.29) is 6.61 Å². The number of halogens is 1. The number of aliphatic hydroxyl groups is 1. The third-order valence-corrected chi connectivity index (χ3v) is 4.04. The number of hydrogen-bond acceptors (Lipinski definition) is 4. The molecule has 3 aromatic rings. The molecular formula is C20H20ClN3O. The van der Waals surface area contributed by atoms with Gasteiger partial charge in [0.2, 0.25) is 0 Å². The molecule has 0 amide bonds. The number of unbranched alkanes of at least 4 members (excludes halogenated alkanes) is 1. The lowest BCUT2D eigenvalue weighted by atomic mass is 10.1. The molecule has 0 saturated carbocycles. The minimum atomic E-state index is 0.205. The molecule has 2 N–H and O–H groups in total. The van der Waals surface area contributed by atoms with E-state index < -0.39 is 0 Å². The fraction of sp³-hybridized carbons (Fsp3) is 0.200. The number of aromatic nitrogens is 2. The lowest BCUT2D eigenvalue weighted by molar-refractivity contribution is 0.286. The van der Waals surface area contributed by atoms with Crippen molar-refractivity contribution in [3.8, 4) is 22.6 Å². The first kappa shape index (κ1) is 17.4. The predicted molar refractivity (Wildman–Crippen MR) is 103 cm³/mol. The molecule has 1 heterocycles. The molecule has 3 rings (SSSR count). The van der Waals surface area contributed by atoms with Crippen LogP contribution in [0.15, 0.2) is 60.7 Å². The Balaban J connectivity index is 1.94. The second-order valence-electron chi connectivity index (χ2n) is 5.69. The Morgan fingerprint density at radius 2 is 1.64 bits per heavy atom. The average molecular weight is 354 g/mol. The molecule has 5 heteroatoms.